The van der Waals surface area contributed by atoms with Crippen LogP contribution in [0.3, 0.4) is 0 Å². The van der Waals surface area contributed by atoms with Gasteiger partial charge in [-0.25, -0.2) is 0 Å². The highest BCUT2D eigenvalue weighted by Crippen LogP contribution is 2.24. The van der Waals surface area contributed by atoms with Crippen molar-refractivity contribution in [1.29, 1.82) is 0 Å². The molecule has 2 nitrogen and oxygen atoms in total. The van der Waals surface area contributed by atoms with E-state index in [0.717, 1.165) is 35.1 Å². The number of benzene rings is 1. The van der Waals surface area contributed by atoms with Crippen LogP contribution in [0.15, 0.2) is 18.2 Å². The van der Waals surface area contributed by atoms with Crippen LogP contribution in [0.5, 0.6) is 0 Å². The standard InChI is InChI=1S/C13H17Cl2NOS/c1-16-12(13-8-18-5-4-17-13)6-9-2-3-10(14)7-11(9)15/h2-3,7,12-13,16H,4-6,8H2,1H3. The Hall–Kier alpha value is 0.0700. The van der Waals surface area contributed by atoms with E-state index in [0.29, 0.717) is 5.02 Å². The van der Waals surface area contributed by atoms with Gasteiger partial charge in [-0.3, -0.25) is 0 Å². The van der Waals surface area contributed by atoms with Crippen molar-refractivity contribution in [3.8, 4) is 0 Å². The normalized spacial score (nSPS) is 21.8. The van der Waals surface area contributed by atoms with Crippen LogP contribution in [-0.2, 0) is 11.2 Å². The van der Waals surface area contributed by atoms with Crippen LogP contribution >= 0.6 is 35.0 Å². The Morgan fingerprint density at radius 2 is 2.33 bits per heavy atom. The predicted octanol–water partition coefficient (Wildman–Crippen LogP) is 3.26. The van der Waals surface area contributed by atoms with Crippen LogP contribution in [0, 0.1) is 0 Å². The Balaban J connectivity index is 2.04. The number of ether oxygens (including phenoxy) is 1. The van der Waals surface area contributed by atoms with Crippen molar-refractivity contribution in [1.82, 2.24) is 5.32 Å². The van der Waals surface area contributed by atoms with Crippen molar-refractivity contribution >= 4 is 35.0 Å². The molecular formula is C13H17Cl2NOS. The van der Waals surface area contributed by atoms with E-state index in [2.05, 4.69) is 5.32 Å². The summed E-state index contributed by atoms with van der Waals surface area (Å²) in [4.78, 5) is 0. The van der Waals surface area contributed by atoms with Crippen molar-refractivity contribution in [2.75, 3.05) is 25.2 Å². The van der Waals surface area contributed by atoms with Gasteiger partial charge in [-0.1, -0.05) is 29.3 Å². The van der Waals surface area contributed by atoms with Gasteiger partial charge in [-0.05, 0) is 31.2 Å². The molecule has 18 heavy (non-hydrogen) atoms. The lowest BCUT2D eigenvalue weighted by Crippen LogP contribution is -2.44. The van der Waals surface area contributed by atoms with Crippen LogP contribution < -0.4 is 5.32 Å². The Morgan fingerprint density at radius 1 is 1.50 bits per heavy atom. The topological polar surface area (TPSA) is 21.3 Å². The lowest BCUT2D eigenvalue weighted by molar-refractivity contribution is 0.0492. The van der Waals surface area contributed by atoms with E-state index in [4.69, 9.17) is 27.9 Å². The molecule has 2 rings (SSSR count). The van der Waals surface area contributed by atoms with Gasteiger partial charge in [0.1, 0.15) is 0 Å². The Kier molecular flexibility index (Phi) is 5.64. The molecule has 1 heterocycles. The van der Waals surface area contributed by atoms with Crippen LogP contribution in [0.4, 0.5) is 0 Å². The summed E-state index contributed by atoms with van der Waals surface area (Å²) >= 11 is 14.1. The fourth-order valence-electron chi connectivity index (χ4n) is 2.08. The molecule has 1 saturated heterocycles. The highest BCUT2D eigenvalue weighted by atomic mass is 35.5. The van der Waals surface area contributed by atoms with E-state index in [1.807, 2.05) is 30.9 Å². The number of nitrogens with one attached hydrogen (secondary N) is 1. The maximum absolute atomic E-state index is 6.21. The second-order valence-electron chi connectivity index (χ2n) is 4.32. The molecule has 0 aliphatic carbocycles. The van der Waals surface area contributed by atoms with E-state index in [-0.39, 0.29) is 12.1 Å². The molecule has 5 heteroatoms. The number of likely N-dealkylation sites (N-methyl/N-ethyl adjacent to an activating group) is 1. The van der Waals surface area contributed by atoms with E-state index >= 15 is 0 Å². The van der Waals surface area contributed by atoms with Crippen molar-refractivity contribution in [2.45, 2.75) is 18.6 Å². The average molecular weight is 306 g/mol. The largest absolute Gasteiger partial charge is 0.375 e. The molecule has 0 aromatic heterocycles. The van der Waals surface area contributed by atoms with Crippen LogP contribution in [0.1, 0.15) is 5.56 Å². The molecule has 1 aliphatic heterocycles. The smallest absolute Gasteiger partial charge is 0.0821 e. The molecule has 1 aromatic carbocycles. The third-order valence-electron chi connectivity index (χ3n) is 3.12. The number of hydrogen-bond acceptors (Lipinski definition) is 3. The highest BCUT2D eigenvalue weighted by molar-refractivity contribution is 7.99. The maximum Gasteiger partial charge on any atom is 0.0821 e. The molecule has 2 atom stereocenters. The third kappa shape index (κ3) is 3.78. The average Bonchev–Trinajstić information content (AvgIpc) is 2.39. The van der Waals surface area contributed by atoms with Crippen LogP contribution in [-0.4, -0.2) is 37.3 Å². The molecule has 1 fully saturated rings. The Bertz CT molecular complexity index is 397. The zero-order chi connectivity index (χ0) is 13.0. The monoisotopic (exact) mass is 305 g/mol. The van der Waals surface area contributed by atoms with Gasteiger partial charge in [0.05, 0.1) is 12.7 Å². The van der Waals surface area contributed by atoms with Gasteiger partial charge in [0.15, 0.2) is 0 Å². The molecule has 1 aromatic rings. The lowest BCUT2D eigenvalue weighted by atomic mass is 10.0. The van der Waals surface area contributed by atoms with Crippen molar-refractivity contribution in [3.63, 3.8) is 0 Å². The molecule has 0 amide bonds. The highest BCUT2D eigenvalue weighted by Gasteiger charge is 2.24. The quantitative estimate of drug-likeness (QED) is 0.922. The number of rotatable bonds is 4. The minimum Gasteiger partial charge on any atom is -0.375 e. The minimum atomic E-state index is 0.250. The molecule has 1 N–H and O–H groups in total. The van der Waals surface area contributed by atoms with Crippen molar-refractivity contribution in [2.24, 2.45) is 0 Å². The summed E-state index contributed by atoms with van der Waals surface area (Å²) in [7, 11) is 1.97. The van der Waals surface area contributed by atoms with Gasteiger partial charge in [0.25, 0.3) is 0 Å². The summed E-state index contributed by atoms with van der Waals surface area (Å²) < 4.78 is 5.81. The second kappa shape index (κ2) is 7.01. The Labute approximate surface area is 122 Å². The fourth-order valence-corrected chi connectivity index (χ4v) is 3.51. The van der Waals surface area contributed by atoms with Crippen molar-refractivity contribution in [3.05, 3.63) is 33.8 Å². The van der Waals surface area contributed by atoms with Gasteiger partial charge in [-0.2, -0.15) is 11.8 Å². The summed E-state index contributed by atoms with van der Waals surface area (Å²) in [5.41, 5.74) is 1.11. The van der Waals surface area contributed by atoms with E-state index in [9.17, 15) is 0 Å². The molecule has 100 valence electrons. The van der Waals surface area contributed by atoms with E-state index in [1.165, 1.54) is 0 Å². The summed E-state index contributed by atoms with van der Waals surface area (Å²) in [6.45, 7) is 0.835. The summed E-state index contributed by atoms with van der Waals surface area (Å²) in [5.74, 6) is 2.13. The van der Waals surface area contributed by atoms with E-state index in [1.54, 1.807) is 6.07 Å². The molecule has 2 unspecified atom stereocenters. The summed E-state index contributed by atoms with van der Waals surface area (Å²) in [6.07, 6.45) is 1.11. The maximum atomic E-state index is 6.21. The van der Waals surface area contributed by atoms with Gasteiger partial charge in [-0.15, -0.1) is 0 Å². The number of hydrogen-bond donors (Lipinski definition) is 1. The predicted molar refractivity (Wildman–Crippen MR) is 80.1 cm³/mol. The first-order valence-corrected chi connectivity index (χ1v) is 7.92. The third-order valence-corrected chi connectivity index (χ3v) is 4.72. The second-order valence-corrected chi connectivity index (χ2v) is 6.31. The minimum absolute atomic E-state index is 0.250. The number of halogens is 2. The molecule has 0 bridgehead atoms. The first kappa shape index (κ1) is 14.5. The number of thioether (sulfide) groups is 1. The fraction of sp³-hybridized carbons (Fsp3) is 0.538. The lowest BCUT2D eigenvalue weighted by Gasteiger charge is -2.30. The first-order chi connectivity index (χ1) is 8.70. The molecule has 0 saturated carbocycles. The van der Waals surface area contributed by atoms with Gasteiger partial charge >= 0.3 is 0 Å². The van der Waals surface area contributed by atoms with Crippen molar-refractivity contribution < 1.29 is 4.74 Å². The van der Waals surface area contributed by atoms with Gasteiger partial charge in [0, 0.05) is 27.6 Å². The zero-order valence-corrected chi connectivity index (χ0v) is 12.6. The molecule has 0 radical (unpaired) electrons. The zero-order valence-electron chi connectivity index (χ0n) is 10.3. The molecular weight excluding hydrogens is 289 g/mol. The summed E-state index contributed by atoms with van der Waals surface area (Å²) in [6, 6.07) is 5.95. The van der Waals surface area contributed by atoms with Gasteiger partial charge < -0.3 is 10.1 Å². The first-order valence-electron chi connectivity index (χ1n) is 6.01. The summed E-state index contributed by atoms with van der Waals surface area (Å²) in [5, 5.41) is 4.74. The van der Waals surface area contributed by atoms with E-state index < -0.39 is 0 Å². The SMILES string of the molecule is CNC(Cc1ccc(Cl)cc1Cl)C1CSCCO1. The van der Waals surface area contributed by atoms with Crippen LogP contribution in [0.25, 0.3) is 0 Å². The molecule has 1 aliphatic rings. The van der Waals surface area contributed by atoms with Crippen LogP contribution in [0.2, 0.25) is 10.0 Å². The Morgan fingerprint density at radius 3 is 2.94 bits per heavy atom. The van der Waals surface area contributed by atoms with Gasteiger partial charge in [0.2, 0.25) is 0 Å². The molecule has 0 spiro atoms.